The number of rotatable bonds is 5. The number of amides is 1. The molecule has 2 heterocycles. The highest BCUT2D eigenvalue weighted by molar-refractivity contribution is 5.83. The number of morpholine rings is 1. The molecular formula is C12H20N6O3. The smallest absolute Gasteiger partial charge is 0.323 e. The quantitative estimate of drug-likeness (QED) is 0.748. The van der Waals surface area contributed by atoms with Gasteiger partial charge in [-0.25, -0.2) is 0 Å². The lowest BCUT2D eigenvalue weighted by molar-refractivity contribution is -0.135. The number of carbonyl (C=O) groups excluding carboxylic acids is 1. The van der Waals surface area contributed by atoms with Crippen LogP contribution in [0.1, 0.15) is 13.8 Å². The summed E-state index contributed by atoms with van der Waals surface area (Å²) in [7, 11) is 0. The summed E-state index contributed by atoms with van der Waals surface area (Å²) in [5, 5.41) is 2.92. The highest BCUT2D eigenvalue weighted by atomic mass is 16.5. The van der Waals surface area contributed by atoms with Gasteiger partial charge in [0, 0.05) is 13.1 Å². The van der Waals surface area contributed by atoms with Gasteiger partial charge in [-0.15, -0.1) is 0 Å². The first-order chi connectivity index (χ1) is 10.1. The Morgan fingerprint density at radius 3 is 2.81 bits per heavy atom. The van der Waals surface area contributed by atoms with Crippen LogP contribution in [0.5, 0.6) is 6.01 Å². The summed E-state index contributed by atoms with van der Waals surface area (Å²) in [5.41, 5.74) is 5.59. The lowest BCUT2D eigenvalue weighted by Crippen LogP contribution is -2.47. The van der Waals surface area contributed by atoms with Gasteiger partial charge in [-0.3, -0.25) is 4.79 Å². The van der Waals surface area contributed by atoms with Crippen LogP contribution in [-0.4, -0.2) is 64.7 Å². The molecule has 0 spiro atoms. The minimum absolute atomic E-state index is 0.0322. The number of aromatic nitrogens is 3. The second-order valence-corrected chi connectivity index (χ2v) is 4.54. The van der Waals surface area contributed by atoms with Crippen molar-refractivity contribution in [1.82, 2.24) is 19.9 Å². The Morgan fingerprint density at radius 1 is 1.43 bits per heavy atom. The summed E-state index contributed by atoms with van der Waals surface area (Å²) in [6.45, 7) is 6.29. The Kier molecular flexibility index (Phi) is 5.09. The van der Waals surface area contributed by atoms with Crippen LogP contribution in [0.15, 0.2) is 0 Å². The van der Waals surface area contributed by atoms with E-state index < -0.39 is 6.04 Å². The van der Waals surface area contributed by atoms with E-state index in [1.54, 1.807) is 11.8 Å². The van der Waals surface area contributed by atoms with Gasteiger partial charge in [-0.1, -0.05) is 0 Å². The number of hydrogen-bond donors (Lipinski definition) is 2. The largest absolute Gasteiger partial charge is 0.464 e. The Morgan fingerprint density at radius 2 is 2.14 bits per heavy atom. The van der Waals surface area contributed by atoms with Gasteiger partial charge in [-0.2, -0.15) is 15.0 Å². The zero-order chi connectivity index (χ0) is 15.2. The van der Waals surface area contributed by atoms with E-state index in [0.717, 1.165) is 0 Å². The third-order valence-corrected chi connectivity index (χ3v) is 2.94. The van der Waals surface area contributed by atoms with Gasteiger partial charge in [-0.05, 0) is 13.8 Å². The topological polar surface area (TPSA) is 115 Å². The number of nitrogen functional groups attached to an aromatic ring is 1. The normalized spacial score (nSPS) is 16.4. The zero-order valence-corrected chi connectivity index (χ0v) is 12.2. The second-order valence-electron chi connectivity index (χ2n) is 4.54. The summed E-state index contributed by atoms with van der Waals surface area (Å²) < 4.78 is 10.4. The van der Waals surface area contributed by atoms with Crippen molar-refractivity contribution in [3.05, 3.63) is 0 Å². The Hall–Kier alpha value is -2.16. The van der Waals surface area contributed by atoms with Gasteiger partial charge in [0.05, 0.1) is 19.8 Å². The van der Waals surface area contributed by atoms with E-state index in [2.05, 4.69) is 20.3 Å². The molecule has 1 atom stereocenters. The molecule has 116 valence electrons. The summed E-state index contributed by atoms with van der Waals surface area (Å²) in [4.78, 5) is 25.9. The van der Waals surface area contributed by atoms with Crippen LogP contribution in [-0.2, 0) is 9.53 Å². The molecule has 9 nitrogen and oxygen atoms in total. The maximum atomic E-state index is 12.3. The molecule has 3 N–H and O–H groups in total. The average Bonchev–Trinajstić information content (AvgIpc) is 2.47. The molecule has 0 aromatic carbocycles. The molecule has 1 aromatic heterocycles. The molecule has 1 amide bonds. The summed E-state index contributed by atoms with van der Waals surface area (Å²) >= 11 is 0. The van der Waals surface area contributed by atoms with Crippen molar-refractivity contribution in [2.45, 2.75) is 19.9 Å². The van der Waals surface area contributed by atoms with Crippen LogP contribution in [0.4, 0.5) is 11.9 Å². The number of nitrogens with zero attached hydrogens (tertiary/aromatic N) is 4. The number of carbonyl (C=O) groups is 1. The predicted octanol–water partition coefficient (Wildman–Crippen LogP) is -0.488. The van der Waals surface area contributed by atoms with Gasteiger partial charge < -0.3 is 25.4 Å². The van der Waals surface area contributed by atoms with Gasteiger partial charge in [0.25, 0.3) is 0 Å². The third kappa shape index (κ3) is 4.15. The monoisotopic (exact) mass is 296 g/mol. The third-order valence-electron chi connectivity index (χ3n) is 2.94. The van der Waals surface area contributed by atoms with Gasteiger partial charge >= 0.3 is 6.01 Å². The zero-order valence-electron chi connectivity index (χ0n) is 12.2. The molecule has 21 heavy (non-hydrogen) atoms. The van der Waals surface area contributed by atoms with Crippen molar-refractivity contribution >= 4 is 17.8 Å². The van der Waals surface area contributed by atoms with E-state index in [1.165, 1.54) is 0 Å². The molecule has 0 aliphatic carbocycles. The molecule has 0 bridgehead atoms. The fourth-order valence-corrected chi connectivity index (χ4v) is 1.94. The van der Waals surface area contributed by atoms with E-state index in [-0.39, 0.29) is 23.8 Å². The molecule has 2 rings (SSSR count). The first-order valence-corrected chi connectivity index (χ1v) is 6.87. The SMILES string of the molecule is CCOc1nc(N)nc(NC(C)C(=O)N2CCOCC2)n1. The summed E-state index contributed by atoms with van der Waals surface area (Å²) in [5.74, 6) is 0.234. The fourth-order valence-electron chi connectivity index (χ4n) is 1.94. The molecule has 1 aliphatic rings. The van der Waals surface area contributed by atoms with E-state index in [1.807, 2.05) is 6.92 Å². The molecule has 0 saturated carbocycles. The highest BCUT2D eigenvalue weighted by Gasteiger charge is 2.23. The van der Waals surface area contributed by atoms with Crippen molar-refractivity contribution in [3.63, 3.8) is 0 Å². The summed E-state index contributed by atoms with van der Waals surface area (Å²) in [6, 6.07) is -0.335. The standard InChI is InChI=1S/C12H20N6O3/c1-3-21-12-16-10(13)15-11(17-12)14-8(2)9(19)18-4-6-20-7-5-18/h8H,3-7H2,1-2H3,(H3,13,14,15,16,17). The molecule has 9 heteroatoms. The van der Waals surface area contributed by atoms with Crippen molar-refractivity contribution in [3.8, 4) is 6.01 Å². The van der Waals surface area contributed by atoms with Crippen LogP contribution in [0.3, 0.4) is 0 Å². The second kappa shape index (κ2) is 7.02. The van der Waals surface area contributed by atoms with E-state index in [4.69, 9.17) is 15.2 Å². The van der Waals surface area contributed by atoms with Crippen molar-refractivity contribution in [1.29, 1.82) is 0 Å². The highest BCUT2D eigenvalue weighted by Crippen LogP contribution is 2.11. The molecule has 1 aliphatic heterocycles. The van der Waals surface area contributed by atoms with Gasteiger partial charge in [0.15, 0.2) is 0 Å². The van der Waals surface area contributed by atoms with Gasteiger partial charge in [0.1, 0.15) is 6.04 Å². The van der Waals surface area contributed by atoms with Crippen LogP contribution >= 0.6 is 0 Å². The molecular weight excluding hydrogens is 276 g/mol. The summed E-state index contributed by atoms with van der Waals surface area (Å²) in [6.07, 6.45) is 0. The van der Waals surface area contributed by atoms with Crippen LogP contribution < -0.4 is 15.8 Å². The molecule has 1 aromatic rings. The van der Waals surface area contributed by atoms with Crippen molar-refractivity contribution in [2.24, 2.45) is 0 Å². The first kappa shape index (κ1) is 15.2. The van der Waals surface area contributed by atoms with Crippen molar-refractivity contribution in [2.75, 3.05) is 44.0 Å². The Bertz CT molecular complexity index is 492. The lowest BCUT2D eigenvalue weighted by Gasteiger charge is -2.29. The number of nitrogens with one attached hydrogen (secondary N) is 1. The number of anilines is 2. The lowest BCUT2D eigenvalue weighted by atomic mass is 10.2. The minimum Gasteiger partial charge on any atom is -0.464 e. The first-order valence-electron chi connectivity index (χ1n) is 6.87. The van der Waals surface area contributed by atoms with Gasteiger partial charge in [0.2, 0.25) is 17.8 Å². The predicted molar refractivity (Wildman–Crippen MR) is 75.9 cm³/mol. The van der Waals surface area contributed by atoms with Crippen LogP contribution in [0, 0.1) is 0 Å². The van der Waals surface area contributed by atoms with E-state index in [0.29, 0.717) is 32.9 Å². The van der Waals surface area contributed by atoms with Crippen LogP contribution in [0.25, 0.3) is 0 Å². The minimum atomic E-state index is -0.473. The number of hydrogen-bond acceptors (Lipinski definition) is 8. The fraction of sp³-hybridized carbons (Fsp3) is 0.667. The average molecular weight is 296 g/mol. The Balaban J connectivity index is 2.01. The Labute approximate surface area is 122 Å². The molecule has 1 saturated heterocycles. The molecule has 1 unspecified atom stereocenters. The van der Waals surface area contributed by atoms with E-state index >= 15 is 0 Å². The van der Waals surface area contributed by atoms with E-state index in [9.17, 15) is 4.79 Å². The molecule has 1 fully saturated rings. The van der Waals surface area contributed by atoms with Crippen LogP contribution in [0.2, 0.25) is 0 Å². The molecule has 0 radical (unpaired) electrons. The number of nitrogens with two attached hydrogens (primary N) is 1. The number of ether oxygens (including phenoxy) is 2. The van der Waals surface area contributed by atoms with Crippen molar-refractivity contribution < 1.29 is 14.3 Å². The maximum Gasteiger partial charge on any atom is 0.323 e. The maximum absolute atomic E-state index is 12.3.